The average molecular weight is 442 g/mol. The Labute approximate surface area is 182 Å². The summed E-state index contributed by atoms with van der Waals surface area (Å²) in [5.41, 5.74) is 3.26. The van der Waals surface area contributed by atoms with E-state index in [4.69, 9.17) is 23.2 Å². The summed E-state index contributed by atoms with van der Waals surface area (Å²) in [6, 6.07) is 14.9. The molecule has 146 valence electrons. The Hall–Kier alpha value is -2.47. The maximum absolute atomic E-state index is 12.9. The van der Waals surface area contributed by atoms with Crippen LogP contribution in [-0.4, -0.2) is 15.9 Å². The predicted octanol–water partition coefficient (Wildman–Crippen LogP) is 6.40. The summed E-state index contributed by atoms with van der Waals surface area (Å²) in [5, 5.41) is 5.52. The number of fused-ring (bicyclic) bond motifs is 1. The second-order valence-corrected chi connectivity index (χ2v) is 8.49. The number of nitrogens with zero attached hydrogens (tertiary/aromatic N) is 2. The second-order valence-electron chi connectivity index (χ2n) is 6.53. The van der Waals surface area contributed by atoms with Crippen LogP contribution in [0.25, 0.3) is 10.9 Å². The molecule has 2 heterocycles. The van der Waals surface area contributed by atoms with Gasteiger partial charge in [0.25, 0.3) is 5.91 Å². The molecule has 0 atom stereocenters. The van der Waals surface area contributed by atoms with Crippen molar-refractivity contribution in [1.82, 2.24) is 9.97 Å². The number of pyridine rings is 1. The number of halogens is 2. The SMILES string of the molecule is CCc1cc(C(=O)Nc2ncc(Cc3ccc(Cl)cc3Cl)s2)c2ccccc2n1. The molecule has 0 unspecified atom stereocenters. The molecule has 4 rings (SSSR count). The van der Waals surface area contributed by atoms with Crippen LogP contribution < -0.4 is 5.32 Å². The maximum atomic E-state index is 12.9. The van der Waals surface area contributed by atoms with Gasteiger partial charge in [-0.05, 0) is 36.2 Å². The Balaban J connectivity index is 1.56. The number of nitrogens with one attached hydrogen (secondary N) is 1. The largest absolute Gasteiger partial charge is 0.298 e. The Bertz CT molecular complexity index is 1210. The van der Waals surface area contributed by atoms with E-state index in [9.17, 15) is 4.79 Å². The van der Waals surface area contributed by atoms with Crippen molar-refractivity contribution in [3.8, 4) is 0 Å². The van der Waals surface area contributed by atoms with Gasteiger partial charge in [-0.3, -0.25) is 15.1 Å². The van der Waals surface area contributed by atoms with Crippen LogP contribution in [0.5, 0.6) is 0 Å². The Morgan fingerprint density at radius 1 is 1.14 bits per heavy atom. The van der Waals surface area contributed by atoms with Gasteiger partial charge in [-0.25, -0.2) is 4.98 Å². The highest BCUT2D eigenvalue weighted by Gasteiger charge is 2.15. The number of aryl methyl sites for hydroxylation is 1. The van der Waals surface area contributed by atoms with E-state index in [2.05, 4.69) is 15.3 Å². The highest BCUT2D eigenvalue weighted by atomic mass is 35.5. The summed E-state index contributed by atoms with van der Waals surface area (Å²) in [6.07, 6.45) is 3.14. The Kier molecular flexibility index (Phi) is 5.81. The fourth-order valence-corrected chi connectivity index (χ4v) is 4.37. The third-order valence-corrected chi connectivity index (χ3v) is 6.03. The standard InChI is InChI=1S/C22H17Cl2N3OS/c1-2-15-11-18(17-5-3-4-6-20(17)26-15)21(28)27-22-25-12-16(29-22)9-13-7-8-14(23)10-19(13)24/h3-8,10-12H,2,9H2,1H3,(H,25,27,28). The molecule has 0 saturated carbocycles. The normalized spacial score (nSPS) is 11.0. The molecule has 1 N–H and O–H groups in total. The molecule has 4 nitrogen and oxygen atoms in total. The molecule has 4 aromatic rings. The number of para-hydroxylation sites is 1. The number of thiazole rings is 1. The fourth-order valence-electron chi connectivity index (χ4n) is 3.06. The smallest absolute Gasteiger partial charge is 0.258 e. The van der Waals surface area contributed by atoms with Crippen molar-refractivity contribution < 1.29 is 4.79 Å². The van der Waals surface area contributed by atoms with Gasteiger partial charge in [0.1, 0.15) is 0 Å². The quantitative estimate of drug-likeness (QED) is 0.389. The number of amides is 1. The minimum atomic E-state index is -0.191. The zero-order chi connectivity index (χ0) is 20.4. The summed E-state index contributed by atoms with van der Waals surface area (Å²) >= 11 is 13.6. The molecule has 0 bridgehead atoms. The Morgan fingerprint density at radius 2 is 1.97 bits per heavy atom. The molecule has 7 heteroatoms. The van der Waals surface area contributed by atoms with Gasteiger partial charge in [-0.15, -0.1) is 11.3 Å². The summed E-state index contributed by atoms with van der Waals surface area (Å²) < 4.78 is 0. The van der Waals surface area contributed by atoms with Gasteiger partial charge in [0, 0.05) is 38.6 Å². The summed E-state index contributed by atoms with van der Waals surface area (Å²) in [4.78, 5) is 22.9. The van der Waals surface area contributed by atoms with Crippen molar-refractivity contribution in [2.45, 2.75) is 19.8 Å². The number of hydrogen-bond acceptors (Lipinski definition) is 4. The van der Waals surface area contributed by atoms with E-state index in [1.807, 2.05) is 49.4 Å². The Morgan fingerprint density at radius 3 is 2.76 bits per heavy atom. The van der Waals surface area contributed by atoms with Crippen molar-refractivity contribution in [2.75, 3.05) is 5.32 Å². The van der Waals surface area contributed by atoms with Gasteiger partial charge in [0.05, 0.1) is 11.1 Å². The predicted molar refractivity (Wildman–Crippen MR) is 120 cm³/mol. The molecule has 1 amide bonds. The molecular formula is C22H17Cl2N3OS. The van der Waals surface area contributed by atoms with E-state index in [0.717, 1.165) is 33.5 Å². The molecule has 0 radical (unpaired) electrons. The lowest BCUT2D eigenvalue weighted by Gasteiger charge is -2.08. The van der Waals surface area contributed by atoms with Crippen molar-refractivity contribution >= 4 is 56.5 Å². The first-order valence-electron chi connectivity index (χ1n) is 9.12. The molecule has 0 aliphatic carbocycles. The molecule has 0 saturated heterocycles. The van der Waals surface area contributed by atoms with E-state index in [1.54, 1.807) is 12.3 Å². The molecule has 2 aromatic carbocycles. The zero-order valence-electron chi connectivity index (χ0n) is 15.6. The first-order valence-corrected chi connectivity index (χ1v) is 10.7. The average Bonchev–Trinajstić information content (AvgIpc) is 3.16. The van der Waals surface area contributed by atoms with Gasteiger partial charge in [-0.1, -0.05) is 54.4 Å². The third-order valence-electron chi connectivity index (χ3n) is 4.53. The van der Waals surface area contributed by atoms with Crippen LogP contribution in [0.3, 0.4) is 0 Å². The van der Waals surface area contributed by atoms with Crippen LogP contribution in [0, 0.1) is 0 Å². The fraction of sp³-hybridized carbons (Fsp3) is 0.136. The van der Waals surface area contributed by atoms with Crippen LogP contribution in [0.15, 0.2) is 54.7 Å². The minimum absolute atomic E-state index is 0.191. The van der Waals surface area contributed by atoms with E-state index in [0.29, 0.717) is 27.2 Å². The van der Waals surface area contributed by atoms with E-state index < -0.39 is 0 Å². The highest BCUT2D eigenvalue weighted by Crippen LogP contribution is 2.27. The van der Waals surface area contributed by atoms with Gasteiger partial charge in [-0.2, -0.15) is 0 Å². The van der Waals surface area contributed by atoms with Crippen molar-refractivity contribution in [2.24, 2.45) is 0 Å². The van der Waals surface area contributed by atoms with Crippen LogP contribution in [-0.2, 0) is 12.8 Å². The molecule has 0 aliphatic rings. The second kappa shape index (κ2) is 8.49. The number of anilines is 1. The summed E-state index contributed by atoms with van der Waals surface area (Å²) in [6.45, 7) is 2.02. The first kappa shape index (κ1) is 19.8. The lowest BCUT2D eigenvalue weighted by molar-refractivity contribution is 0.102. The molecule has 29 heavy (non-hydrogen) atoms. The van der Waals surface area contributed by atoms with Gasteiger partial charge in [0.15, 0.2) is 5.13 Å². The van der Waals surface area contributed by atoms with Gasteiger partial charge in [0.2, 0.25) is 0 Å². The van der Waals surface area contributed by atoms with E-state index >= 15 is 0 Å². The highest BCUT2D eigenvalue weighted by molar-refractivity contribution is 7.15. The first-order chi connectivity index (χ1) is 14.0. The summed E-state index contributed by atoms with van der Waals surface area (Å²) in [5.74, 6) is -0.191. The van der Waals surface area contributed by atoms with Crippen LogP contribution in [0.1, 0.15) is 33.4 Å². The zero-order valence-corrected chi connectivity index (χ0v) is 17.9. The van der Waals surface area contributed by atoms with Gasteiger partial charge >= 0.3 is 0 Å². The monoisotopic (exact) mass is 441 g/mol. The number of aromatic nitrogens is 2. The van der Waals surface area contributed by atoms with Crippen molar-refractivity contribution in [3.63, 3.8) is 0 Å². The maximum Gasteiger partial charge on any atom is 0.258 e. The lowest BCUT2D eigenvalue weighted by atomic mass is 10.1. The van der Waals surface area contributed by atoms with Gasteiger partial charge < -0.3 is 0 Å². The number of carbonyl (C=O) groups is 1. The number of benzene rings is 2. The molecule has 0 aliphatic heterocycles. The molecule has 2 aromatic heterocycles. The van der Waals surface area contributed by atoms with Crippen LogP contribution >= 0.6 is 34.5 Å². The van der Waals surface area contributed by atoms with E-state index in [1.165, 1.54) is 11.3 Å². The van der Waals surface area contributed by atoms with Crippen LogP contribution in [0.4, 0.5) is 5.13 Å². The number of carbonyl (C=O) groups excluding carboxylic acids is 1. The van der Waals surface area contributed by atoms with E-state index in [-0.39, 0.29) is 5.91 Å². The number of rotatable bonds is 5. The van der Waals surface area contributed by atoms with Crippen molar-refractivity contribution in [1.29, 1.82) is 0 Å². The molecule has 0 spiro atoms. The summed E-state index contributed by atoms with van der Waals surface area (Å²) in [7, 11) is 0. The lowest BCUT2D eigenvalue weighted by Crippen LogP contribution is -2.13. The van der Waals surface area contributed by atoms with Crippen molar-refractivity contribution in [3.05, 3.63) is 86.5 Å². The van der Waals surface area contributed by atoms with Crippen LogP contribution in [0.2, 0.25) is 10.0 Å². The minimum Gasteiger partial charge on any atom is -0.298 e. The molecule has 0 fully saturated rings. The topological polar surface area (TPSA) is 54.9 Å². The number of hydrogen-bond donors (Lipinski definition) is 1. The molecular weight excluding hydrogens is 425 g/mol. The third kappa shape index (κ3) is 4.42.